The molecular formula is C37H52N6O6. The number of unbranched alkanes of at least 4 members (excludes halogenated alkanes) is 7. The second kappa shape index (κ2) is 22.0. The Labute approximate surface area is 289 Å². The number of nitrogens with two attached hydrogens (primary N) is 1. The molecule has 12 heteroatoms. The van der Waals surface area contributed by atoms with Crippen molar-refractivity contribution in [1.82, 2.24) is 25.9 Å². The smallest absolute Gasteiger partial charge is 0.329 e. The van der Waals surface area contributed by atoms with E-state index in [-0.39, 0.29) is 44.1 Å². The number of aromatic hydroxyl groups is 1. The SMILES string of the molecule is CCCCCCCCCCC(=O)N[C@@H](Cc1cnc[nH]1)C(=O)N[C@@H](Cc1ccccc1)C(=O)N[C@@H](Cc1ccc(O)cc1)C(=O)OCCN. The Bertz CT molecular complexity index is 1400. The highest BCUT2D eigenvalue weighted by Gasteiger charge is 2.31. The first-order valence-corrected chi connectivity index (χ1v) is 17.3. The van der Waals surface area contributed by atoms with Gasteiger partial charge in [-0.2, -0.15) is 0 Å². The number of ether oxygens (including phenoxy) is 1. The molecule has 3 aromatic rings. The number of amides is 3. The lowest BCUT2D eigenvalue weighted by Crippen LogP contribution is -2.57. The van der Waals surface area contributed by atoms with Crippen molar-refractivity contribution in [3.8, 4) is 5.75 Å². The summed E-state index contributed by atoms with van der Waals surface area (Å²) in [6, 6.07) is 12.3. The number of aromatic amines is 1. The van der Waals surface area contributed by atoms with Gasteiger partial charge in [0.15, 0.2) is 0 Å². The molecule has 3 rings (SSSR count). The van der Waals surface area contributed by atoms with Crippen molar-refractivity contribution < 1.29 is 29.0 Å². The molecule has 3 atom stereocenters. The topological polar surface area (TPSA) is 189 Å². The van der Waals surface area contributed by atoms with Crippen LogP contribution in [0.25, 0.3) is 0 Å². The van der Waals surface area contributed by atoms with Gasteiger partial charge in [-0.1, -0.05) is 94.3 Å². The van der Waals surface area contributed by atoms with E-state index in [4.69, 9.17) is 10.5 Å². The molecule has 0 aliphatic carbocycles. The van der Waals surface area contributed by atoms with Gasteiger partial charge in [0.05, 0.1) is 6.33 Å². The monoisotopic (exact) mass is 676 g/mol. The van der Waals surface area contributed by atoms with Crippen LogP contribution in [0, 0.1) is 0 Å². The highest BCUT2D eigenvalue weighted by Crippen LogP contribution is 2.14. The molecule has 12 nitrogen and oxygen atoms in total. The van der Waals surface area contributed by atoms with Crippen LogP contribution in [0.15, 0.2) is 67.1 Å². The Kier molecular flexibility index (Phi) is 17.4. The number of H-pyrrole nitrogens is 1. The number of hydrogen-bond donors (Lipinski definition) is 6. The average Bonchev–Trinajstić information content (AvgIpc) is 3.62. The van der Waals surface area contributed by atoms with E-state index in [0.29, 0.717) is 17.7 Å². The van der Waals surface area contributed by atoms with Crippen LogP contribution in [0.1, 0.15) is 81.5 Å². The predicted molar refractivity (Wildman–Crippen MR) is 187 cm³/mol. The Morgan fingerprint density at radius 2 is 1.37 bits per heavy atom. The lowest BCUT2D eigenvalue weighted by Gasteiger charge is -2.25. The summed E-state index contributed by atoms with van der Waals surface area (Å²) in [7, 11) is 0. The Balaban J connectivity index is 1.73. The van der Waals surface area contributed by atoms with E-state index in [9.17, 15) is 24.3 Å². The summed E-state index contributed by atoms with van der Waals surface area (Å²) in [5.41, 5.74) is 7.64. The van der Waals surface area contributed by atoms with Gasteiger partial charge in [-0.25, -0.2) is 9.78 Å². The molecule has 7 N–H and O–H groups in total. The van der Waals surface area contributed by atoms with Crippen LogP contribution >= 0.6 is 0 Å². The highest BCUT2D eigenvalue weighted by molar-refractivity contribution is 5.94. The predicted octanol–water partition coefficient (Wildman–Crippen LogP) is 3.63. The van der Waals surface area contributed by atoms with Crippen LogP contribution in [0.5, 0.6) is 5.75 Å². The number of nitrogens with one attached hydrogen (secondary N) is 4. The van der Waals surface area contributed by atoms with Gasteiger partial charge in [0.1, 0.15) is 30.5 Å². The van der Waals surface area contributed by atoms with Crippen molar-refractivity contribution in [3.63, 3.8) is 0 Å². The largest absolute Gasteiger partial charge is 0.508 e. The van der Waals surface area contributed by atoms with Crippen LogP contribution < -0.4 is 21.7 Å². The number of phenolic OH excluding ortho intramolecular Hbond substituents is 1. The van der Waals surface area contributed by atoms with E-state index < -0.39 is 35.9 Å². The summed E-state index contributed by atoms with van der Waals surface area (Å²) in [5.74, 6) is -2.00. The lowest BCUT2D eigenvalue weighted by atomic mass is 10.0. The number of aromatic nitrogens is 2. The molecular weight excluding hydrogens is 624 g/mol. The van der Waals surface area contributed by atoms with Crippen molar-refractivity contribution in [2.75, 3.05) is 13.2 Å². The molecule has 266 valence electrons. The number of carbonyl (C=O) groups excluding carboxylic acids is 4. The van der Waals surface area contributed by atoms with Gasteiger partial charge in [-0.3, -0.25) is 14.4 Å². The number of nitrogens with zero attached hydrogens (tertiary/aromatic N) is 1. The zero-order valence-corrected chi connectivity index (χ0v) is 28.5. The summed E-state index contributed by atoms with van der Waals surface area (Å²) < 4.78 is 5.27. The number of imidazole rings is 1. The zero-order valence-electron chi connectivity index (χ0n) is 28.5. The number of hydrogen-bond acceptors (Lipinski definition) is 8. The fourth-order valence-corrected chi connectivity index (χ4v) is 5.44. The first kappa shape index (κ1) is 38.7. The van der Waals surface area contributed by atoms with Gasteiger partial charge in [-0.15, -0.1) is 0 Å². The Morgan fingerprint density at radius 3 is 2.00 bits per heavy atom. The van der Waals surface area contributed by atoms with Gasteiger partial charge in [0, 0.05) is 44.1 Å². The zero-order chi connectivity index (χ0) is 35.3. The number of rotatable bonds is 23. The fourth-order valence-electron chi connectivity index (χ4n) is 5.44. The number of esters is 1. The standard InChI is InChI=1S/C37H52N6O6/c1-2-3-4-5-6-7-8-12-15-34(45)41-32(24-29-25-39-26-40-29)36(47)42-31(22-27-13-10-9-11-14-27)35(46)43-33(37(48)49-21-20-38)23-28-16-18-30(44)19-17-28/h9-11,13-14,16-19,25-26,31-33,44H,2-8,12,15,20-24,38H2,1H3,(H,39,40)(H,41,45)(H,42,47)(H,43,46)/t31-,32-,33-/m0/s1. The molecule has 0 spiro atoms. The maximum absolute atomic E-state index is 13.9. The van der Waals surface area contributed by atoms with Gasteiger partial charge < -0.3 is 36.5 Å². The molecule has 0 bridgehead atoms. The minimum absolute atomic E-state index is 0.0289. The van der Waals surface area contributed by atoms with E-state index in [2.05, 4.69) is 32.8 Å². The van der Waals surface area contributed by atoms with E-state index in [1.54, 1.807) is 18.3 Å². The first-order chi connectivity index (χ1) is 23.8. The number of benzene rings is 2. The van der Waals surface area contributed by atoms with Crippen LogP contribution in [-0.4, -0.2) is 70.0 Å². The lowest BCUT2D eigenvalue weighted by molar-refractivity contribution is -0.147. The van der Waals surface area contributed by atoms with Crippen molar-refractivity contribution >= 4 is 23.7 Å². The molecule has 2 aromatic carbocycles. The van der Waals surface area contributed by atoms with Crippen LogP contribution in [0.4, 0.5) is 0 Å². The molecule has 0 fully saturated rings. The second-order valence-electron chi connectivity index (χ2n) is 12.3. The summed E-state index contributed by atoms with van der Waals surface area (Å²) in [4.78, 5) is 60.7. The third-order valence-corrected chi connectivity index (χ3v) is 8.14. The van der Waals surface area contributed by atoms with Crippen LogP contribution in [0.3, 0.4) is 0 Å². The second-order valence-corrected chi connectivity index (χ2v) is 12.3. The molecule has 1 aromatic heterocycles. The molecule has 1 heterocycles. The minimum atomic E-state index is -1.09. The maximum atomic E-state index is 13.9. The fraction of sp³-hybridized carbons (Fsp3) is 0.486. The summed E-state index contributed by atoms with van der Waals surface area (Å²) in [6.07, 6.45) is 12.5. The number of carbonyl (C=O) groups is 4. The van der Waals surface area contributed by atoms with Crippen LogP contribution in [-0.2, 0) is 43.2 Å². The van der Waals surface area contributed by atoms with Crippen molar-refractivity contribution in [2.45, 2.75) is 102 Å². The molecule has 0 unspecified atom stereocenters. The summed E-state index contributed by atoms with van der Waals surface area (Å²) in [6.45, 7) is 2.27. The average molecular weight is 677 g/mol. The van der Waals surface area contributed by atoms with Gasteiger partial charge >= 0.3 is 5.97 Å². The first-order valence-electron chi connectivity index (χ1n) is 17.3. The normalized spacial score (nSPS) is 12.8. The van der Waals surface area contributed by atoms with Crippen molar-refractivity contribution in [1.29, 1.82) is 0 Å². The maximum Gasteiger partial charge on any atom is 0.329 e. The molecule has 0 aliphatic rings. The van der Waals surface area contributed by atoms with Crippen molar-refractivity contribution in [3.05, 3.63) is 83.9 Å². The Morgan fingerprint density at radius 1 is 0.776 bits per heavy atom. The van der Waals surface area contributed by atoms with E-state index in [1.165, 1.54) is 44.1 Å². The summed E-state index contributed by atoms with van der Waals surface area (Å²) >= 11 is 0. The van der Waals surface area contributed by atoms with Gasteiger partial charge in [-0.05, 0) is 29.7 Å². The number of phenols is 1. The molecule has 0 saturated heterocycles. The van der Waals surface area contributed by atoms with Crippen molar-refractivity contribution in [2.24, 2.45) is 5.73 Å². The van der Waals surface area contributed by atoms with Gasteiger partial charge in [0.25, 0.3) is 0 Å². The molecule has 3 amide bonds. The quantitative estimate of drug-likeness (QED) is 0.0649. The molecule has 0 radical (unpaired) electrons. The molecule has 0 aliphatic heterocycles. The van der Waals surface area contributed by atoms with Gasteiger partial charge in [0.2, 0.25) is 17.7 Å². The van der Waals surface area contributed by atoms with Crippen LogP contribution in [0.2, 0.25) is 0 Å². The molecule has 49 heavy (non-hydrogen) atoms. The summed E-state index contributed by atoms with van der Waals surface area (Å²) in [5, 5.41) is 18.2. The third kappa shape index (κ3) is 14.9. The van der Waals surface area contributed by atoms with E-state index in [1.807, 2.05) is 30.3 Å². The van der Waals surface area contributed by atoms with E-state index in [0.717, 1.165) is 31.2 Å². The highest BCUT2D eigenvalue weighted by atomic mass is 16.5. The third-order valence-electron chi connectivity index (χ3n) is 8.14. The minimum Gasteiger partial charge on any atom is -0.508 e. The van der Waals surface area contributed by atoms with E-state index >= 15 is 0 Å². The molecule has 0 saturated carbocycles. The Hall–Kier alpha value is -4.71.